The average molecular weight is 378 g/mol. The summed E-state index contributed by atoms with van der Waals surface area (Å²) in [5.74, 6) is 5.54. The highest BCUT2D eigenvalue weighted by Gasteiger charge is 2.31. The molecule has 0 radical (unpaired) electrons. The number of esters is 1. The fourth-order valence-electron chi connectivity index (χ4n) is 3.39. The van der Waals surface area contributed by atoms with Gasteiger partial charge >= 0.3 is 5.97 Å². The standard InChI is InChI=1S/C20H27NO4S/c1-16(10-9-15-19(22)25-2)20(17-11-5-3-6-12-17)21-26(23,24)18-13-7-4-8-14-18/h4,7-8,13-14,16-17,20-21H,3,5-6,11-12,15H2,1-2H3/t16-,20+/m0/s1. The highest BCUT2D eigenvalue weighted by atomic mass is 32.2. The van der Waals surface area contributed by atoms with Crippen LogP contribution in [0.4, 0.5) is 0 Å². The lowest BCUT2D eigenvalue weighted by Crippen LogP contribution is -2.44. The van der Waals surface area contributed by atoms with Crippen LogP contribution in [-0.2, 0) is 19.6 Å². The number of hydrogen-bond acceptors (Lipinski definition) is 4. The van der Waals surface area contributed by atoms with Gasteiger partial charge in [0.15, 0.2) is 0 Å². The molecule has 5 nitrogen and oxygen atoms in total. The van der Waals surface area contributed by atoms with Crippen molar-refractivity contribution in [3.63, 3.8) is 0 Å². The van der Waals surface area contributed by atoms with Crippen LogP contribution in [0.3, 0.4) is 0 Å². The molecule has 142 valence electrons. The van der Waals surface area contributed by atoms with Gasteiger partial charge in [0, 0.05) is 12.0 Å². The van der Waals surface area contributed by atoms with E-state index in [0.29, 0.717) is 0 Å². The molecule has 6 heteroatoms. The highest BCUT2D eigenvalue weighted by Crippen LogP contribution is 2.30. The van der Waals surface area contributed by atoms with Crippen LogP contribution in [0.2, 0.25) is 0 Å². The molecular weight excluding hydrogens is 350 g/mol. The number of ether oxygens (including phenoxy) is 1. The first-order valence-corrected chi connectivity index (χ1v) is 10.5. The Labute approximate surface area is 156 Å². The van der Waals surface area contributed by atoms with Crippen molar-refractivity contribution in [3.05, 3.63) is 30.3 Å². The topological polar surface area (TPSA) is 72.5 Å². The molecule has 0 saturated heterocycles. The summed E-state index contributed by atoms with van der Waals surface area (Å²) in [6, 6.07) is 8.12. The van der Waals surface area contributed by atoms with E-state index < -0.39 is 10.0 Å². The number of rotatable bonds is 6. The third-order valence-corrected chi connectivity index (χ3v) is 6.31. The maximum atomic E-state index is 12.8. The molecule has 0 spiro atoms. The van der Waals surface area contributed by atoms with Crippen molar-refractivity contribution in [1.29, 1.82) is 0 Å². The van der Waals surface area contributed by atoms with Gasteiger partial charge in [-0.3, -0.25) is 4.79 Å². The number of sulfonamides is 1. The molecule has 1 N–H and O–H groups in total. The summed E-state index contributed by atoms with van der Waals surface area (Å²) < 4.78 is 33.0. The zero-order valence-electron chi connectivity index (χ0n) is 15.4. The summed E-state index contributed by atoms with van der Waals surface area (Å²) in [6.07, 6.45) is 5.41. The third-order valence-electron chi connectivity index (χ3n) is 4.83. The smallest absolute Gasteiger partial charge is 0.317 e. The molecule has 1 aromatic rings. The molecule has 0 amide bonds. The van der Waals surface area contributed by atoms with Crippen molar-refractivity contribution in [2.24, 2.45) is 11.8 Å². The Morgan fingerprint density at radius 2 is 1.88 bits per heavy atom. The molecule has 0 aromatic heterocycles. The maximum Gasteiger partial charge on any atom is 0.317 e. The minimum Gasteiger partial charge on any atom is -0.468 e. The second kappa shape index (κ2) is 9.75. The van der Waals surface area contributed by atoms with E-state index in [1.165, 1.54) is 13.5 Å². The first kappa shape index (κ1) is 20.5. The Bertz CT molecular complexity index is 743. The monoisotopic (exact) mass is 377 g/mol. The minimum atomic E-state index is -3.61. The summed E-state index contributed by atoms with van der Waals surface area (Å²) in [7, 11) is -2.28. The van der Waals surface area contributed by atoms with Gasteiger partial charge in [0.2, 0.25) is 10.0 Å². The Balaban J connectivity index is 2.19. The van der Waals surface area contributed by atoms with Crippen LogP contribution in [-0.4, -0.2) is 27.5 Å². The van der Waals surface area contributed by atoms with Gasteiger partial charge < -0.3 is 4.74 Å². The van der Waals surface area contributed by atoms with Crippen LogP contribution in [0.15, 0.2) is 35.2 Å². The molecule has 1 saturated carbocycles. The van der Waals surface area contributed by atoms with Crippen molar-refractivity contribution in [1.82, 2.24) is 4.72 Å². The lowest BCUT2D eigenvalue weighted by Gasteiger charge is -2.33. The number of carbonyl (C=O) groups is 1. The molecule has 1 aliphatic rings. The number of carbonyl (C=O) groups excluding carboxylic acids is 1. The third kappa shape index (κ3) is 5.86. The van der Waals surface area contributed by atoms with Gasteiger partial charge in [-0.1, -0.05) is 49.3 Å². The Morgan fingerprint density at radius 3 is 2.50 bits per heavy atom. The molecular formula is C20H27NO4S. The van der Waals surface area contributed by atoms with Crippen molar-refractivity contribution < 1.29 is 17.9 Å². The number of benzene rings is 1. The van der Waals surface area contributed by atoms with E-state index in [2.05, 4.69) is 21.3 Å². The summed E-state index contributed by atoms with van der Waals surface area (Å²) in [4.78, 5) is 11.5. The Hall–Kier alpha value is -1.84. The average Bonchev–Trinajstić information content (AvgIpc) is 2.67. The minimum absolute atomic E-state index is 0.0175. The summed E-state index contributed by atoms with van der Waals surface area (Å²) >= 11 is 0. The van der Waals surface area contributed by atoms with Gasteiger partial charge in [0.05, 0.1) is 12.0 Å². The number of nitrogens with one attached hydrogen (secondary N) is 1. The predicted octanol–water partition coefficient (Wildman–Crippen LogP) is 3.12. The lowest BCUT2D eigenvalue weighted by atomic mass is 9.80. The van der Waals surface area contributed by atoms with Gasteiger partial charge in [0.1, 0.15) is 6.42 Å². The predicted molar refractivity (Wildman–Crippen MR) is 101 cm³/mol. The fourth-order valence-corrected chi connectivity index (χ4v) is 4.80. The zero-order valence-corrected chi connectivity index (χ0v) is 16.2. The van der Waals surface area contributed by atoms with Crippen LogP contribution in [0, 0.1) is 23.7 Å². The zero-order chi connectivity index (χ0) is 19.0. The highest BCUT2D eigenvalue weighted by molar-refractivity contribution is 7.89. The summed E-state index contributed by atoms with van der Waals surface area (Å²) in [5, 5.41) is 0. The van der Waals surface area contributed by atoms with Gasteiger partial charge in [-0.25, -0.2) is 13.1 Å². The number of hydrogen-bond donors (Lipinski definition) is 1. The van der Waals surface area contributed by atoms with E-state index in [4.69, 9.17) is 0 Å². The van der Waals surface area contributed by atoms with Crippen LogP contribution in [0.1, 0.15) is 45.4 Å². The Kier molecular flexibility index (Phi) is 7.67. The number of methoxy groups -OCH3 is 1. The molecule has 2 atom stereocenters. The van der Waals surface area contributed by atoms with Crippen LogP contribution in [0.5, 0.6) is 0 Å². The lowest BCUT2D eigenvalue weighted by molar-refractivity contribution is -0.139. The van der Waals surface area contributed by atoms with E-state index in [9.17, 15) is 13.2 Å². The molecule has 1 aliphatic carbocycles. The molecule has 0 bridgehead atoms. The fraction of sp³-hybridized carbons (Fsp3) is 0.550. The largest absolute Gasteiger partial charge is 0.468 e. The van der Waals surface area contributed by atoms with Crippen LogP contribution < -0.4 is 4.72 Å². The summed E-state index contributed by atoms with van der Waals surface area (Å²) in [6.45, 7) is 1.91. The van der Waals surface area contributed by atoms with Gasteiger partial charge in [-0.15, -0.1) is 0 Å². The van der Waals surface area contributed by atoms with Crippen molar-refractivity contribution in [2.75, 3.05) is 7.11 Å². The van der Waals surface area contributed by atoms with Gasteiger partial charge in [-0.2, -0.15) is 0 Å². The van der Waals surface area contributed by atoms with E-state index in [-0.39, 0.29) is 35.2 Å². The summed E-state index contributed by atoms with van der Waals surface area (Å²) in [5.41, 5.74) is 0. The molecule has 0 aliphatic heterocycles. The normalized spacial score (nSPS) is 17.6. The first-order chi connectivity index (χ1) is 12.4. The molecule has 0 unspecified atom stereocenters. The first-order valence-electron chi connectivity index (χ1n) is 9.06. The molecule has 1 aromatic carbocycles. The van der Waals surface area contributed by atoms with E-state index in [1.54, 1.807) is 30.3 Å². The quantitative estimate of drug-likeness (QED) is 0.611. The molecule has 2 rings (SSSR count). The maximum absolute atomic E-state index is 12.8. The second-order valence-electron chi connectivity index (χ2n) is 6.72. The van der Waals surface area contributed by atoms with E-state index in [0.717, 1.165) is 25.7 Å². The van der Waals surface area contributed by atoms with Crippen molar-refractivity contribution >= 4 is 16.0 Å². The van der Waals surface area contributed by atoms with Gasteiger partial charge in [0.25, 0.3) is 0 Å². The molecule has 1 fully saturated rings. The van der Waals surface area contributed by atoms with Crippen molar-refractivity contribution in [2.45, 2.75) is 56.4 Å². The second-order valence-corrected chi connectivity index (χ2v) is 8.43. The SMILES string of the molecule is COC(=O)CC#C[C@H](C)[C@@H](NS(=O)(=O)c1ccccc1)C1CCCCC1. The molecule has 26 heavy (non-hydrogen) atoms. The van der Waals surface area contributed by atoms with E-state index >= 15 is 0 Å². The van der Waals surface area contributed by atoms with Crippen LogP contribution in [0.25, 0.3) is 0 Å². The van der Waals surface area contributed by atoms with Gasteiger partial charge in [-0.05, 0) is 37.8 Å². The Morgan fingerprint density at radius 1 is 1.23 bits per heavy atom. The van der Waals surface area contributed by atoms with Crippen molar-refractivity contribution in [3.8, 4) is 11.8 Å². The van der Waals surface area contributed by atoms with E-state index in [1.807, 2.05) is 6.92 Å². The molecule has 0 heterocycles. The van der Waals surface area contributed by atoms with Crippen LogP contribution >= 0.6 is 0 Å².